The molecule has 5 unspecified atom stereocenters. The Morgan fingerprint density at radius 1 is 0.768 bits per heavy atom. The van der Waals surface area contributed by atoms with Crippen molar-refractivity contribution in [2.45, 2.75) is 147 Å². The predicted octanol–water partition coefficient (Wildman–Crippen LogP) is 2.12. The molecule has 1 heterocycles. The number of unbranched alkanes of at least 4 members (excludes halogenated alkanes) is 8. The molecule has 0 radical (unpaired) electrons. The highest BCUT2D eigenvalue weighted by Crippen LogP contribution is 2.23. The second kappa shape index (κ2) is 28.5. The lowest BCUT2D eigenvalue weighted by molar-refractivity contribution is -0.263. The lowest BCUT2D eigenvalue weighted by atomic mass is 9.96. The van der Waals surface area contributed by atoms with Crippen LogP contribution in [0.2, 0.25) is 0 Å². The van der Waals surface area contributed by atoms with Crippen LogP contribution in [-0.4, -0.2) is 117 Å². The first-order valence-electron chi connectivity index (χ1n) is 20.1. The normalized spacial score (nSPS) is 19.2. The van der Waals surface area contributed by atoms with E-state index in [1.54, 1.807) is 7.11 Å². The van der Waals surface area contributed by atoms with Crippen molar-refractivity contribution in [2.75, 3.05) is 40.1 Å². The Labute approximate surface area is 331 Å². The highest BCUT2D eigenvalue weighted by molar-refractivity contribution is 5.96. The second-order valence-electron chi connectivity index (χ2n) is 14.4. The van der Waals surface area contributed by atoms with Gasteiger partial charge in [-0.15, -0.1) is 0 Å². The molecule has 1 saturated heterocycles. The van der Waals surface area contributed by atoms with Gasteiger partial charge in [-0.2, -0.15) is 0 Å². The van der Waals surface area contributed by atoms with E-state index < -0.39 is 42.5 Å². The number of aliphatic hydroxyl groups is 2. The van der Waals surface area contributed by atoms with Gasteiger partial charge in [0.25, 0.3) is 0 Å². The minimum Gasteiger partial charge on any atom is -0.497 e. The Morgan fingerprint density at radius 3 is 2.07 bits per heavy atom. The molecular formula is C40H67N5O11. The first-order chi connectivity index (χ1) is 26.9. The van der Waals surface area contributed by atoms with Crippen LogP contribution in [0.3, 0.4) is 0 Å². The Morgan fingerprint density at radius 2 is 1.39 bits per heavy atom. The van der Waals surface area contributed by atoms with Gasteiger partial charge in [0.2, 0.25) is 29.5 Å². The molecule has 0 saturated carbocycles. The minimum absolute atomic E-state index is 0.0226. The van der Waals surface area contributed by atoms with E-state index in [9.17, 15) is 34.2 Å². The minimum atomic E-state index is -1.38. The summed E-state index contributed by atoms with van der Waals surface area (Å²) in [5, 5.41) is 35.1. The zero-order valence-electron chi connectivity index (χ0n) is 33.8. The molecule has 318 valence electrons. The summed E-state index contributed by atoms with van der Waals surface area (Å²) >= 11 is 0. The molecule has 7 N–H and O–H groups in total. The van der Waals surface area contributed by atoms with Crippen molar-refractivity contribution in [3.63, 3.8) is 0 Å². The van der Waals surface area contributed by atoms with E-state index in [-0.39, 0.29) is 50.1 Å². The maximum atomic E-state index is 12.6. The van der Waals surface area contributed by atoms with Crippen molar-refractivity contribution in [1.82, 2.24) is 26.6 Å². The molecule has 1 aromatic rings. The average molecular weight is 794 g/mol. The van der Waals surface area contributed by atoms with Crippen molar-refractivity contribution in [2.24, 2.45) is 0 Å². The van der Waals surface area contributed by atoms with Crippen LogP contribution in [0.5, 0.6) is 5.75 Å². The third-order valence-electron chi connectivity index (χ3n) is 9.18. The largest absolute Gasteiger partial charge is 0.497 e. The highest BCUT2D eigenvalue weighted by atomic mass is 16.7. The molecule has 2 rings (SSSR count). The van der Waals surface area contributed by atoms with E-state index in [1.165, 1.54) is 6.92 Å². The Bertz CT molecular complexity index is 1320. The molecular weight excluding hydrogens is 726 g/mol. The van der Waals surface area contributed by atoms with Gasteiger partial charge in [-0.1, -0.05) is 50.7 Å². The summed E-state index contributed by atoms with van der Waals surface area (Å²) in [6.07, 6.45) is 4.69. The van der Waals surface area contributed by atoms with Gasteiger partial charge in [0, 0.05) is 46.0 Å². The number of methoxy groups -OCH3 is 1. The van der Waals surface area contributed by atoms with Crippen molar-refractivity contribution < 1.29 is 53.1 Å². The van der Waals surface area contributed by atoms with Crippen LogP contribution < -0.4 is 31.3 Å². The Kier molecular flexibility index (Phi) is 24.6. The second-order valence-corrected chi connectivity index (χ2v) is 14.4. The van der Waals surface area contributed by atoms with Crippen LogP contribution in [0.1, 0.15) is 110 Å². The zero-order chi connectivity index (χ0) is 41.1. The molecule has 0 bridgehead atoms. The maximum Gasteiger partial charge on any atom is 0.231 e. The number of hydrogen-bond acceptors (Lipinski definition) is 11. The van der Waals surface area contributed by atoms with Crippen LogP contribution in [0.4, 0.5) is 0 Å². The lowest BCUT2D eigenvalue weighted by Gasteiger charge is -2.42. The number of hydrogen-bond donors (Lipinski definition) is 7. The number of benzene rings is 1. The lowest BCUT2D eigenvalue weighted by Crippen LogP contribution is -2.65. The fourth-order valence-electron chi connectivity index (χ4n) is 6.04. The maximum absolute atomic E-state index is 12.6. The Balaban J connectivity index is 1.57. The van der Waals surface area contributed by atoms with E-state index in [2.05, 4.69) is 26.6 Å². The monoisotopic (exact) mass is 793 g/mol. The highest BCUT2D eigenvalue weighted by Gasteiger charge is 2.45. The molecule has 5 atom stereocenters. The van der Waals surface area contributed by atoms with Crippen molar-refractivity contribution in [3.8, 4) is 5.75 Å². The summed E-state index contributed by atoms with van der Waals surface area (Å²) in [4.78, 5) is 60.3. The number of aliphatic hydroxyl groups excluding tert-OH is 2. The molecule has 0 aromatic heterocycles. The van der Waals surface area contributed by atoms with Crippen LogP contribution >= 0.6 is 0 Å². The number of carbonyl (C=O) groups excluding carboxylic acids is 5. The van der Waals surface area contributed by atoms with Gasteiger partial charge in [0.1, 0.15) is 43.3 Å². The molecule has 0 aliphatic carbocycles. The van der Waals surface area contributed by atoms with Crippen LogP contribution in [-0.2, 0) is 44.6 Å². The molecule has 5 amide bonds. The van der Waals surface area contributed by atoms with Crippen LogP contribution in [0, 0.1) is 0 Å². The smallest absolute Gasteiger partial charge is 0.231 e. The molecule has 1 aromatic carbocycles. The van der Waals surface area contributed by atoms with E-state index >= 15 is 0 Å². The average Bonchev–Trinajstić information content (AvgIpc) is 3.15. The molecule has 16 nitrogen and oxygen atoms in total. The fourth-order valence-corrected chi connectivity index (χ4v) is 6.04. The SMILES string of the molecule is COc1cccc(CCNC(=O)CCCCCCCCC(=O)NCC2OC(OCCCCCCNC(=O)CC(=O)NCOC(C)C)C(NC(C)=O)C(O)C2O)c1. The standard InChI is InChI=1S/C40H67N5O11/c1-28(2)55-27-44-36(50)25-35(49)41-21-13-9-10-14-23-54-40-37(45-29(3)46)39(52)38(51)32(56-40)26-43-34(48)19-12-8-6-5-7-11-18-33(47)42-22-20-30-16-15-17-31(24-30)53-4/h15-17,24,28,32,37-40,51-52H,5-14,18-23,25-27H2,1-4H3,(H,41,49)(H,42,47)(H,43,48)(H,44,50)(H,45,46). The van der Waals surface area contributed by atoms with Gasteiger partial charge in [-0.3, -0.25) is 24.0 Å². The van der Waals surface area contributed by atoms with Crippen molar-refractivity contribution in [3.05, 3.63) is 29.8 Å². The number of rotatable bonds is 29. The molecule has 0 spiro atoms. The summed E-state index contributed by atoms with van der Waals surface area (Å²) in [7, 11) is 1.63. The van der Waals surface area contributed by atoms with E-state index in [1.807, 2.05) is 38.1 Å². The van der Waals surface area contributed by atoms with Gasteiger partial charge in [-0.25, -0.2) is 0 Å². The van der Waals surface area contributed by atoms with Gasteiger partial charge in [0.05, 0.1) is 13.2 Å². The number of ether oxygens (including phenoxy) is 4. The van der Waals surface area contributed by atoms with Crippen LogP contribution in [0.25, 0.3) is 0 Å². The zero-order valence-corrected chi connectivity index (χ0v) is 33.8. The number of nitrogens with one attached hydrogen (secondary N) is 5. The van der Waals surface area contributed by atoms with Gasteiger partial charge >= 0.3 is 0 Å². The Hall–Kier alpha value is -3.83. The molecule has 1 aliphatic rings. The van der Waals surface area contributed by atoms with Gasteiger partial charge < -0.3 is 55.7 Å². The molecule has 56 heavy (non-hydrogen) atoms. The topological polar surface area (TPSA) is 223 Å². The molecule has 16 heteroatoms. The third kappa shape index (κ3) is 21.5. The quantitative estimate of drug-likeness (QED) is 0.0354. The fraction of sp³-hybridized carbons (Fsp3) is 0.725. The summed E-state index contributed by atoms with van der Waals surface area (Å²) in [6, 6.07) is 6.80. The van der Waals surface area contributed by atoms with Gasteiger partial charge in [-0.05, 0) is 63.6 Å². The summed E-state index contributed by atoms with van der Waals surface area (Å²) < 4.78 is 22.3. The van der Waals surface area contributed by atoms with Crippen molar-refractivity contribution >= 4 is 29.5 Å². The number of carbonyl (C=O) groups is 5. The predicted molar refractivity (Wildman–Crippen MR) is 209 cm³/mol. The summed E-state index contributed by atoms with van der Waals surface area (Å²) in [5.41, 5.74) is 1.11. The first kappa shape index (κ1) is 48.3. The molecule has 1 aliphatic heterocycles. The third-order valence-corrected chi connectivity index (χ3v) is 9.18. The number of amides is 5. The van der Waals surface area contributed by atoms with Crippen molar-refractivity contribution in [1.29, 1.82) is 0 Å². The van der Waals surface area contributed by atoms with E-state index in [4.69, 9.17) is 18.9 Å². The summed E-state index contributed by atoms with van der Waals surface area (Å²) in [5.74, 6) is -0.533. The van der Waals surface area contributed by atoms with Crippen LogP contribution in [0.15, 0.2) is 24.3 Å². The first-order valence-corrected chi connectivity index (χ1v) is 20.1. The summed E-state index contributed by atoms with van der Waals surface area (Å²) in [6.45, 7) is 6.28. The van der Waals surface area contributed by atoms with Gasteiger partial charge in [0.15, 0.2) is 6.29 Å². The van der Waals surface area contributed by atoms with E-state index in [0.29, 0.717) is 45.2 Å². The molecule has 1 fully saturated rings. The van der Waals surface area contributed by atoms with E-state index in [0.717, 1.165) is 62.7 Å².